The fraction of sp³-hybridized carbons (Fsp3) is 0.250. The number of ether oxygens (including phenoxy) is 1. The Balaban J connectivity index is 1.91. The molecule has 0 bridgehead atoms. The molecular formula is C16H16N4O. The van der Waals surface area contributed by atoms with Gasteiger partial charge in [0, 0.05) is 17.2 Å². The second-order valence-corrected chi connectivity index (χ2v) is 5.14. The molecule has 1 aliphatic heterocycles. The summed E-state index contributed by atoms with van der Waals surface area (Å²) in [6, 6.07) is 12.4. The maximum absolute atomic E-state index is 9.38. The molecule has 0 unspecified atom stereocenters. The number of rotatable bonds is 3. The average molecular weight is 280 g/mol. The standard InChI is InChI=1S/C16H16N4O/c1-10-14-12(8-7-11-5-3-2-4-6-11)13(9-17)15(18)21-16(14)20-19-10/h2-6,12H,7-8,18H2,1H3,(H,19,20)/t12-/m0/s1. The molecule has 2 heterocycles. The lowest BCUT2D eigenvalue weighted by Gasteiger charge is -2.23. The Bertz CT molecular complexity index is 724. The summed E-state index contributed by atoms with van der Waals surface area (Å²) in [6.07, 6.45) is 1.67. The van der Waals surface area contributed by atoms with E-state index in [1.165, 1.54) is 5.56 Å². The molecule has 5 nitrogen and oxygen atoms in total. The highest BCUT2D eigenvalue weighted by Gasteiger charge is 2.32. The molecule has 0 fully saturated rings. The Morgan fingerprint density at radius 1 is 1.38 bits per heavy atom. The van der Waals surface area contributed by atoms with Crippen molar-refractivity contribution in [2.75, 3.05) is 0 Å². The van der Waals surface area contributed by atoms with Crippen LogP contribution in [0.4, 0.5) is 0 Å². The van der Waals surface area contributed by atoms with Gasteiger partial charge in [-0.1, -0.05) is 30.3 Å². The first kappa shape index (κ1) is 13.3. The third-order valence-electron chi connectivity index (χ3n) is 3.81. The van der Waals surface area contributed by atoms with Gasteiger partial charge >= 0.3 is 0 Å². The number of aryl methyl sites for hydroxylation is 2. The van der Waals surface area contributed by atoms with E-state index in [-0.39, 0.29) is 11.8 Å². The number of aromatic amines is 1. The van der Waals surface area contributed by atoms with Crippen molar-refractivity contribution in [3.05, 3.63) is 58.6 Å². The Morgan fingerprint density at radius 2 is 2.14 bits per heavy atom. The zero-order valence-corrected chi connectivity index (χ0v) is 11.8. The molecule has 1 aromatic carbocycles. The number of fused-ring (bicyclic) bond motifs is 1. The van der Waals surface area contributed by atoms with Gasteiger partial charge in [-0.2, -0.15) is 5.26 Å². The van der Waals surface area contributed by atoms with Crippen LogP contribution >= 0.6 is 0 Å². The van der Waals surface area contributed by atoms with Crippen molar-refractivity contribution >= 4 is 0 Å². The van der Waals surface area contributed by atoms with Crippen LogP contribution in [-0.2, 0) is 6.42 Å². The lowest BCUT2D eigenvalue weighted by atomic mass is 9.85. The number of nitrogens with two attached hydrogens (primary N) is 1. The van der Waals surface area contributed by atoms with Gasteiger partial charge in [0.2, 0.25) is 11.8 Å². The summed E-state index contributed by atoms with van der Waals surface area (Å²) in [5.41, 5.74) is 9.44. The van der Waals surface area contributed by atoms with Crippen LogP contribution in [0.15, 0.2) is 41.8 Å². The first-order valence-corrected chi connectivity index (χ1v) is 6.87. The maximum atomic E-state index is 9.38. The Hall–Kier alpha value is -2.74. The molecule has 0 aliphatic carbocycles. The Morgan fingerprint density at radius 3 is 2.86 bits per heavy atom. The van der Waals surface area contributed by atoms with Gasteiger partial charge in [0.25, 0.3) is 0 Å². The third-order valence-corrected chi connectivity index (χ3v) is 3.81. The molecule has 5 heteroatoms. The molecule has 21 heavy (non-hydrogen) atoms. The predicted molar refractivity (Wildman–Crippen MR) is 78.3 cm³/mol. The van der Waals surface area contributed by atoms with Crippen LogP contribution < -0.4 is 10.5 Å². The smallest absolute Gasteiger partial charge is 0.243 e. The molecule has 3 N–H and O–H groups in total. The number of nitriles is 1. The number of allylic oxidation sites excluding steroid dienone is 1. The average Bonchev–Trinajstić information content (AvgIpc) is 2.86. The molecule has 0 saturated heterocycles. The second-order valence-electron chi connectivity index (χ2n) is 5.14. The van der Waals surface area contributed by atoms with E-state index in [4.69, 9.17) is 10.5 Å². The number of hydrogen-bond donors (Lipinski definition) is 2. The molecule has 1 atom stereocenters. The first-order chi connectivity index (χ1) is 10.2. The SMILES string of the molecule is Cc1[nH]nc2c1[C@@H](CCc1ccccc1)C(C#N)=C(N)O2. The van der Waals surface area contributed by atoms with Gasteiger partial charge in [0.15, 0.2) is 0 Å². The highest BCUT2D eigenvalue weighted by Crippen LogP contribution is 2.40. The van der Waals surface area contributed by atoms with Gasteiger partial charge in [-0.05, 0) is 25.3 Å². The number of nitrogens with zero attached hydrogens (tertiary/aromatic N) is 2. The topological polar surface area (TPSA) is 87.7 Å². The summed E-state index contributed by atoms with van der Waals surface area (Å²) in [4.78, 5) is 0. The minimum absolute atomic E-state index is 0.0716. The van der Waals surface area contributed by atoms with E-state index in [1.807, 2.05) is 25.1 Å². The fourth-order valence-corrected chi connectivity index (χ4v) is 2.76. The molecule has 106 valence electrons. The molecule has 2 aromatic rings. The summed E-state index contributed by atoms with van der Waals surface area (Å²) in [7, 11) is 0. The number of H-pyrrole nitrogens is 1. The molecular weight excluding hydrogens is 264 g/mol. The van der Waals surface area contributed by atoms with Gasteiger partial charge in [0.1, 0.15) is 6.07 Å². The van der Waals surface area contributed by atoms with Crippen LogP contribution in [0.25, 0.3) is 0 Å². The monoisotopic (exact) mass is 280 g/mol. The summed E-state index contributed by atoms with van der Waals surface area (Å²) in [6.45, 7) is 1.93. The molecule has 1 aliphatic rings. The second kappa shape index (κ2) is 5.33. The van der Waals surface area contributed by atoms with E-state index in [9.17, 15) is 5.26 Å². The van der Waals surface area contributed by atoms with Crippen molar-refractivity contribution in [3.63, 3.8) is 0 Å². The van der Waals surface area contributed by atoms with Crippen LogP contribution in [0.5, 0.6) is 5.88 Å². The normalized spacial score (nSPS) is 17.0. The fourth-order valence-electron chi connectivity index (χ4n) is 2.76. The predicted octanol–water partition coefficient (Wildman–Crippen LogP) is 2.52. The minimum atomic E-state index is -0.0716. The highest BCUT2D eigenvalue weighted by atomic mass is 16.5. The Labute approximate surface area is 123 Å². The van der Waals surface area contributed by atoms with E-state index in [0.29, 0.717) is 11.5 Å². The lowest BCUT2D eigenvalue weighted by molar-refractivity contribution is 0.371. The minimum Gasteiger partial charge on any atom is -0.420 e. The van der Waals surface area contributed by atoms with Crippen LogP contribution in [0, 0.1) is 18.3 Å². The van der Waals surface area contributed by atoms with Crippen molar-refractivity contribution in [2.45, 2.75) is 25.7 Å². The molecule has 1 aromatic heterocycles. The summed E-state index contributed by atoms with van der Waals surface area (Å²) >= 11 is 0. The first-order valence-electron chi connectivity index (χ1n) is 6.87. The van der Waals surface area contributed by atoms with Gasteiger partial charge < -0.3 is 10.5 Å². The number of hydrogen-bond acceptors (Lipinski definition) is 4. The van der Waals surface area contributed by atoms with E-state index in [1.54, 1.807) is 0 Å². The molecule has 0 spiro atoms. The zero-order valence-electron chi connectivity index (χ0n) is 11.8. The van der Waals surface area contributed by atoms with E-state index >= 15 is 0 Å². The maximum Gasteiger partial charge on any atom is 0.243 e. The number of nitrogens with one attached hydrogen (secondary N) is 1. The zero-order chi connectivity index (χ0) is 14.8. The van der Waals surface area contributed by atoms with Gasteiger partial charge in [-0.3, -0.25) is 5.10 Å². The number of benzene rings is 1. The lowest BCUT2D eigenvalue weighted by Crippen LogP contribution is -2.20. The van der Waals surface area contributed by atoms with Gasteiger partial charge in [0.05, 0.1) is 5.57 Å². The molecule has 0 saturated carbocycles. The molecule has 0 radical (unpaired) electrons. The summed E-state index contributed by atoms with van der Waals surface area (Å²) in [5.74, 6) is 0.578. The number of aromatic nitrogens is 2. The Kier molecular flexibility index (Phi) is 3.36. The summed E-state index contributed by atoms with van der Waals surface area (Å²) in [5, 5.41) is 16.4. The quantitative estimate of drug-likeness (QED) is 0.904. The van der Waals surface area contributed by atoms with Crippen molar-refractivity contribution in [1.29, 1.82) is 5.26 Å². The molecule has 0 amide bonds. The molecule has 3 rings (SSSR count). The van der Waals surface area contributed by atoms with E-state index in [2.05, 4.69) is 28.4 Å². The highest BCUT2D eigenvalue weighted by molar-refractivity contribution is 5.48. The third kappa shape index (κ3) is 2.36. The van der Waals surface area contributed by atoms with Gasteiger partial charge in [-0.15, -0.1) is 5.10 Å². The van der Waals surface area contributed by atoms with Crippen LogP contribution in [-0.4, -0.2) is 10.2 Å². The van der Waals surface area contributed by atoms with Crippen molar-refractivity contribution in [2.24, 2.45) is 5.73 Å². The van der Waals surface area contributed by atoms with Crippen LogP contribution in [0.1, 0.15) is 29.2 Å². The van der Waals surface area contributed by atoms with Gasteiger partial charge in [-0.25, -0.2) is 0 Å². The van der Waals surface area contributed by atoms with Crippen LogP contribution in [0.3, 0.4) is 0 Å². The largest absolute Gasteiger partial charge is 0.420 e. The summed E-state index contributed by atoms with van der Waals surface area (Å²) < 4.78 is 5.43. The van der Waals surface area contributed by atoms with Crippen molar-refractivity contribution in [1.82, 2.24) is 10.2 Å². The van der Waals surface area contributed by atoms with Crippen molar-refractivity contribution < 1.29 is 4.74 Å². The van der Waals surface area contributed by atoms with E-state index < -0.39 is 0 Å². The van der Waals surface area contributed by atoms with E-state index in [0.717, 1.165) is 24.1 Å². The van der Waals surface area contributed by atoms with Crippen molar-refractivity contribution in [3.8, 4) is 11.9 Å². The van der Waals surface area contributed by atoms with Crippen LogP contribution in [0.2, 0.25) is 0 Å².